The second kappa shape index (κ2) is 3.60. The number of amides is 1. The van der Waals surface area contributed by atoms with Gasteiger partial charge >= 0.3 is 0 Å². The molecule has 2 N–H and O–H groups in total. The molecule has 4 nitrogen and oxygen atoms in total. The van der Waals surface area contributed by atoms with E-state index in [1.54, 1.807) is 0 Å². The molecule has 3 heterocycles. The van der Waals surface area contributed by atoms with Crippen LogP contribution in [0.1, 0.15) is 23.3 Å². The average Bonchev–Trinajstić information content (AvgIpc) is 2.60. The number of nitrogens with one attached hydrogen (secondary N) is 2. The normalized spacial score (nSPS) is 22.9. The topological polar surface area (TPSA) is 46.1 Å². The van der Waals surface area contributed by atoms with E-state index in [2.05, 4.69) is 31.1 Å². The van der Waals surface area contributed by atoms with Gasteiger partial charge in [-0.2, -0.15) is 0 Å². The van der Waals surface area contributed by atoms with Crippen molar-refractivity contribution in [2.45, 2.75) is 24.9 Å². The number of fused-ring (bicyclic) bond motifs is 1. The van der Waals surface area contributed by atoms with Crippen LogP contribution in [0.2, 0.25) is 0 Å². The summed E-state index contributed by atoms with van der Waals surface area (Å²) in [5, 5.41) is 6.51. The first-order chi connectivity index (χ1) is 7.69. The highest BCUT2D eigenvalue weighted by molar-refractivity contribution is 9.10. The monoisotopic (exact) mass is 283 g/mol. The van der Waals surface area contributed by atoms with E-state index in [9.17, 15) is 4.79 Å². The molecule has 0 saturated carbocycles. The maximum Gasteiger partial charge on any atom is 0.268 e. The molecule has 1 saturated heterocycles. The standard InChI is InChI=1S/C11H14BrN3O/c12-8-5-9-10(16)14-11(7-15(9)6-8)1-3-13-4-2-11/h5-6,13H,1-4,7H2,(H,14,16). The molecule has 1 aromatic heterocycles. The molecule has 86 valence electrons. The van der Waals surface area contributed by atoms with Crippen LogP contribution >= 0.6 is 15.9 Å². The quantitative estimate of drug-likeness (QED) is 0.750. The van der Waals surface area contributed by atoms with Crippen LogP contribution in [0.4, 0.5) is 0 Å². The molecule has 1 spiro atoms. The van der Waals surface area contributed by atoms with E-state index < -0.39 is 0 Å². The van der Waals surface area contributed by atoms with E-state index in [1.165, 1.54) is 0 Å². The first-order valence-corrected chi connectivity index (χ1v) is 6.37. The summed E-state index contributed by atoms with van der Waals surface area (Å²) in [5.41, 5.74) is 0.726. The van der Waals surface area contributed by atoms with Gasteiger partial charge in [0.15, 0.2) is 0 Å². The van der Waals surface area contributed by atoms with Gasteiger partial charge in [0.25, 0.3) is 5.91 Å². The smallest absolute Gasteiger partial charge is 0.268 e. The van der Waals surface area contributed by atoms with E-state index in [0.717, 1.165) is 42.6 Å². The van der Waals surface area contributed by atoms with Crippen molar-refractivity contribution < 1.29 is 4.79 Å². The maximum atomic E-state index is 12.0. The van der Waals surface area contributed by atoms with Crippen LogP contribution in [0.15, 0.2) is 16.7 Å². The lowest BCUT2D eigenvalue weighted by atomic mass is 9.86. The van der Waals surface area contributed by atoms with E-state index in [0.29, 0.717) is 0 Å². The van der Waals surface area contributed by atoms with Crippen LogP contribution in [0.3, 0.4) is 0 Å². The lowest BCUT2D eigenvalue weighted by Gasteiger charge is -2.41. The molecule has 0 unspecified atom stereocenters. The number of halogens is 1. The van der Waals surface area contributed by atoms with Crippen molar-refractivity contribution >= 4 is 21.8 Å². The molecular formula is C11H14BrN3O. The molecule has 16 heavy (non-hydrogen) atoms. The van der Waals surface area contributed by atoms with Gasteiger partial charge in [-0.3, -0.25) is 4.79 Å². The van der Waals surface area contributed by atoms with Gasteiger partial charge in [0.1, 0.15) is 5.69 Å². The average molecular weight is 284 g/mol. The van der Waals surface area contributed by atoms with Gasteiger partial charge in [0.05, 0.1) is 5.54 Å². The first-order valence-electron chi connectivity index (χ1n) is 5.57. The summed E-state index contributed by atoms with van der Waals surface area (Å²) >= 11 is 3.42. The zero-order chi connectivity index (χ0) is 11.2. The Hall–Kier alpha value is -0.810. The Morgan fingerprint density at radius 3 is 2.88 bits per heavy atom. The Labute approximate surface area is 103 Å². The number of carbonyl (C=O) groups excluding carboxylic acids is 1. The number of hydrogen-bond acceptors (Lipinski definition) is 2. The number of hydrogen-bond donors (Lipinski definition) is 2. The number of piperidine rings is 1. The number of carbonyl (C=O) groups is 1. The molecule has 2 aliphatic heterocycles. The van der Waals surface area contributed by atoms with Gasteiger partial charge in [-0.25, -0.2) is 0 Å². The van der Waals surface area contributed by atoms with E-state index in [4.69, 9.17) is 0 Å². The van der Waals surface area contributed by atoms with Gasteiger partial charge in [0, 0.05) is 17.2 Å². The fraction of sp³-hybridized carbons (Fsp3) is 0.545. The summed E-state index contributed by atoms with van der Waals surface area (Å²) < 4.78 is 3.04. The molecule has 2 aliphatic rings. The van der Waals surface area contributed by atoms with Crippen molar-refractivity contribution in [3.8, 4) is 0 Å². The second-order valence-corrected chi connectivity index (χ2v) is 5.57. The third-order valence-corrected chi connectivity index (χ3v) is 3.94. The summed E-state index contributed by atoms with van der Waals surface area (Å²) in [4.78, 5) is 12.0. The molecule has 0 bridgehead atoms. The third-order valence-electron chi connectivity index (χ3n) is 3.51. The first kappa shape index (κ1) is 10.4. The molecule has 0 radical (unpaired) electrons. The molecular weight excluding hydrogens is 270 g/mol. The molecule has 3 rings (SSSR count). The summed E-state index contributed by atoms with van der Waals surface area (Å²) in [6.45, 7) is 2.86. The predicted octanol–water partition coefficient (Wildman–Crippen LogP) is 1.12. The van der Waals surface area contributed by atoms with Gasteiger partial charge in [-0.15, -0.1) is 0 Å². The van der Waals surface area contributed by atoms with Gasteiger partial charge < -0.3 is 15.2 Å². The molecule has 1 amide bonds. The lowest BCUT2D eigenvalue weighted by molar-refractivity contribution is 0.0798. The van der Waals surface area contributed by atoms with Gasteiger partial charge in [-0.05, 0) is 47.9 Å². The maximum absolute atomic E-state index is 12.0. The highest BCUT2D eigenvalue weighted by Gasteiger charge is 2.38. The summed E-state index contributed by atoms with van der Waals surface area (Å²) in [6.07, 6.45) is 4.01. The van der Waals surface area contributed by atoms with Crippen LogP contribution in [0.25, 0.3) is 0 Å². The highest BCUT2D eigenvalue weighted by Crippen LogP contribution is 2.28. The third kappa shape index (κ3) is 1.58. The van der Waals surface area contributed by atoms with Crippen molar-refractivity contribution in [2.24, 2.45) is 0 Å². The Morgan fingerprint density at radius 1 is 1.38 bits per heavy atom. The minimum Gasteiger partial charge on any atom is -0.343 e. The second-order valence-electron chi connectivity index (χ2n) is 4.66. The Kier molecular flexibility index (Phi) is 2.33. The van der Waals surface area contributed by atoms with Crippen LogP contribution in [0, 0.1) is 0 Å². The molecule has 0 aromatic carbocycles. The van der Waals surface area contributed by atoms with E-state index in [1.807, 2.05) is 12.3 Å². The molecule has 1 aromatic rings. The van der Waals surface area contributed by atoms with Crippen molar-refractivity contribution in [3.05, 3.63) is 22.4 Å². The SMILES string of the molecule is O=C1NC2(CCNCC2)Cn2cc(Br)cc21. The van der Waals surface area contributed by atoms with Crippen molar-refractivity contribution in [3.63, 3.8) is 0 Å². The number of aromatic nitrogens is 1. The number of rotatable bonds is 0. The largest absolute Gasteiger partial charge is 0.343 e. The minimum atomic E-state index is -0.0339. The predicted molar refractivity (Wildman–Crippen MR) is 64.4 cm³/mol. The Balaban J connectivity index is 1.96. The fourth-order valence-corrected chi connectivity index (χ4v) is 3.12. The van der Waals surface area contributed by atoms with Gasteiger partial charge in [0.2, 0.25) is 0 Å². The molecule has 0 atom stereocenters. The van der Waals surface area contributed by atoms with Gasteiger partial charge in [-0.1, -0.05) is 0 Å². The highest BCUT2D eigenvalue weighted by atomic mass is 79.9. The Morgan fingerprint density at radius 2 is 2.12 bits per heavy atom. The molecule has 5 heteroatoms. The van der Waals surface area contributed by atoms with Crippen molar-refractivity contribution in [2.75, 3.05) is 13.1 Å². The zero-order valence-electron chi connectivity index (χ0n) is 8.92. The van der Waals surface area contributed by atoms with E-state index in [-0.39, 0.29) is 11.4 Å². The zero-order valence-corrected chi connectivity index (χ0v) is 10.5. The van der Waals surface area contributed by atoms with Crippen molar-refractivity contribution in [1.82, 2.24) is 15.2 Å². The van der Waals surface area contributed by atoms with E-state index >= 15 is 0 Å². The minimum absolute atomic E-state index is 0.0339. The summed E-state index contributed by atoms with van der Waals surface area (Å²) in [7, 11) is 0. The van der Waals surface area contributed by atoms with Crippen LogP contribution in [0.5, 0.6) is 0 Å². The lowest BCUT2D eigenvalue weighted by Crippen LogP contribution is -2.59. The van der Waals surface area contributed by atoms with Crippen LogP contribution < -0.4 is 10.6 Å². The number of nitrogens with zero attached hydrogens (tertiary/aromatic N) is 1. The molecule has 0 aliphatic carbocycles. The fourth-order valence-electron chi connectivity index (χ4n) is 2.65. The Bertz CT molecular complexity index is 434. The van der Waals surface area contributed by atoms with Crippen molar-refractivity contribution in [1.29, 1.82) is 0 Å². The van der Waals surface area contributed by atoms with Crippen LogP contribution in [-0.4, -0.2) is 29.1 Å². The summed E-state index contributed by atoms with van der Waals surface area (Å²) in [6, 6.07) is 1.88. The van der Waals surface area contributed by atoms with Crippen LogP contribution in [-0.2, 0) is 6.54 Å². The summed E-state index contributed by atoms with van der Waals surface area (Å²) in [5.74, 6) is 0.0545. The molecule has 1 fully saturated rings.